The SMILES string of the molecule is COc1ccc(CCCC(=O)N2C[C@@H]3CC[C@H]2CN(CC(=O)N(C)C)C3)cc1. The van der Waals surface area contributed by atoms with Crippen molar-refractivity contribution >= 4 is 11.8 Å². The normalized spacial score (nSPS) is 22.0. The van der Waals surface area contributed by atoms with Gasteiger partial charge in [0, 0.05) is 46.2 Å². The van der Waals surface area contributed by atoms with Crippen LogP contribution < -0.4 is 4.74 Å². The molecule has 0 spiro atoms. The third-order valence-electron chi connectivity index (χ3n) is 5.98. The van der Waals surface area contributed by atoms with Crippen LogP contribution in [-0.4, -0.2) is 79.9 Å². The maximum atomic E-state index is 12.9. The lowest BCUT2D eigenvalue weighted by molar-refractivity contribution is -0.135. The van der Waals surface area contributed by atoms with Crippen LogP contribution in [0.3, 0.4) is 0 Å². The number of benzene rings is 1. The molecule has 4 rings (SSSR count). The number of amides is 2. The maximum absolute atomic E-state index is 12.9. The number of fused-ring (bicyclic) bond motifs is 4. The van der Waals surface area contributed by atoms with Crippen LogP contribution in [-0.2, 0) is 16.0 Å². The van der Waals surface area contributed by atoms with Crippen molar-refractivity contribution in [2.45, 2.75) is 38.1 Å². The van der Waals surface area contributed by atoms with Gasteiger partial charge in [-0.25, -0.2) is 0 Å². The van der Waals surface area contributed by atoms with E-state index in [1.54, 1.807) is 26.1 Å². The lowest BCUT2D eigenvalue weighted by atomic mass is 9.94. The van der Waals surface area contributed by atoms with E-state index in [-0.39, 0.29) is 17.9 Å². The van der Waals surface area contributed by atoms with Crippen LogP contribution in [0.25, 0.3) is 0 Å². The molecule has 3 saturated heterocycles. The van der Waals surface area contributed by atoms with Crippen molar-refractivity contribution in [2.24, 2.45) is 5.92 Å². The first-order valence-corrected chi connectivity index (χ1v) is 10.3. The highest BCUT2D eigenvalue weighted by Gasteiger charge is 2.37. The Morgan fingerprint density at radius 1 is 1.11 bits per heavy atom. The second kappa shape index (κ2) is 9.41. The average Bonchev–Trinajstić information content (AvgIpc) is 2.99. The highest BCUT2D eigenvalue weighted by atomic mass is 16.5. The Morgan fingerprint density at radius 2 is 1.86 bits per heavy atom. The summed E-state index contributed by atoms with van der Waals surface area (Å²) in [4.78, 5) is 31.0. The number of ether oxygens (including phenoxy) is 1. The largest absolute Gasteiger partial charge is 0.497 e. The fourth-order valence-electron chi connectivity index (χ4n) is 4.33. The molecule has 3 fully saturated rings. The summed E-state index contributed by atoms with van der Waals surface area (Å²) in [6.45, 7) is 3.05. The van der Waals surface area contributed by atoms with E-state index < -0.39 is 0 Å². The summed E-state index contributed by atoms with van der Waals surface area (Å²) in [5, 5.41) is 0. The van der Waals surface area contributed by atoms with Gasteiger partial charge in [-0.2, -0.15) is 0 Å². The summed E-state index contributed by atoms with van der Waals surface area (Å²) in [6, 6.07) is 8.32. The lowest BCUT2D eigenvalue weighted by Gasteiger charge is -2.36. The minimum Gasteiger partial charge on any atom is -0.497 e. The van der Waals surface area contributed by atoms with Crippen LogP contribution in [0.1, 0.15) is 31.2 Å². The number of hydrogen-bond donors (Lipinski definition) is 0. The molecule has 0 N–H and O–H groups in total. The van der Waals surface area contributed by atoms with Crippen molar-refractivity contribution in [1.29, 1.82) is 0 Å². The summed E-state index contributed by atoms with van der Waals surface area (Å²) in [7, 11) is 5.26. The summed E-state index contributed by atoms with van der Waals surface area (Å²) >= 11 is 0. The molecule has 0 unspecified atom stereocenters. The molecule has 2 amide bonds. The van der Waals surface area contributed by atoms with E-state index in [0.29, 0.717) is 18.9 Å². The number of carbonyl (C=O) groups is 2. The van der Waals surface area contributed by atoms with Crippen molar-refractivity contribution in [3.05, 3.63) is 29.8 Å². The highest BCUT2D eigenvalue weighted by Crippen LogP contribution is 2.28. The first-order valence-electron chi connectivity index (χ1n) is 10.3. The molecule has 2 atom stereocenters. The number of carbonyl (C=O) groups excluding carboxylic acids is 2. The summed E-state index contributed by atoms with van der Waals surface area (Å²) < 4.78 is 5.19. The zero-order valence-electron chi connectivity index (χ0n) is 17.4. The lowest BCUT2D eigenvalue weighted by Crippen LogP contribution is -2.47. The van der Waals surface area contributed by atoms with Gasteiger partial charge in [-0.05, 0) is 49.3 Å². The molecule has 0 aromatic heterocycles. The van der Waals surface area contributed by atoms with Crippen molar-refractivity contribution in [1.82, 2.24) is 14.7 Å². The van der Waals surface area contributed by atoms with Crippen molar-refractivity contribution in [2.75, 3.05) is 47.4 Å². The van der Waals surface area contributed by atoms with Crippen molar-refractivity contribution in [3.63, 3.8) is 0 Å². The van der Waals surface area contributed by atoms with Crippen LogP contribution >= 0.6 is 0 Å². The first-order chi connectivity index (χ1) is 13.5. The van der Waals surface area contributed by atoms with E-state index in [0.717, 1.165) is 51.1 Å². The average molecular weight is 388 g/mol. The number of methoxy groups -OCH3 is 1. The third kappa shape index (κ3) is 5.25. The minimum atomic E-state index is 0.138. The smallest absolute Gasteiger partial charge is 0.236 e. The molecule has 3 heterocycles. The number of likely N-dealkylation sites (N-methyl/N-ethyl adjacent to an activating group) is 1. The van der Waals surface area contributed by atoms with Crippen LogP contribution in [0.5, 0.6) is 5.75 Å². The zero-order chi connectivity index (χ0) is 20.1. The van der Waals surface area contributed by atoms with Crippen LogP contribution in [0.2, 0.25) is 0 Å². The topological polar surface area (TPSA) is 53.1 Å². The minimum absolute atomic E-state index is 0.138. The molecular weight excluding hydrogens is 354 g/mol. The van der Waals surface area contributed by atoms with Gasteiger partial charge in [0.05, 0.1) is 13.7 Å². The Kier molecular flexibility index (Phi) is 6.94. The van der Waals surface area contributed by atoms with E-state index in [1.807, 2.05) is 12.1 Å². The van der Waals surface area contributed by atoms with Crippen molar-refractivity contribution in [3.8, 4) is 5.75 Å². The molecule has 0 saturated carbocycles. The van der Waals surface area contributed by atoms with Crippen LogP contribution in [0.4, 0.5) is 0 Å². The molecule has 6 heteroatoms. The molecule has 154 valence electrons. The number of nitrogens with zero attached hydrogens (tertiary/aromatic N) is 3. The van der Waals surface area contributed by atoms with E-state index in [4.69, 9.17) is 4.74 Å². The molecule has 2 bridgehead atoms. The number of hydrogen-bond acceptors (Lipinski definition) is 4. The highest BCUT2D eigenvalue weighted by molar-refractivity contribution is 5.78. The Bertz CT molecular complexity index is 674. The van der Waals surface area contributed by atoms with E-state index in [2.05, 4.69) is 21.9 Å². The fourth-order valence-corrected chi connectivity index (χ4v) is 4.33. The molecule has 3 aliphatic heterocycles. The second-order valence-corrected chi connectivity index (χ2v) is 8.33. The van der Waals surface area contributed by atoms with Gasteiger partial charge in [0.2, 0.25) is 11.8 Å². The molecule has 1 aromatic carbocycles. The number of rotatable bonds is 7. The van der Waals surface area contributed by atoms with Crippen molar-refractivity contribution < 1.29 is 14.3 Å². The first kappa shape index (κ1) is 20.6. The van der Waals surface area contributed by atoms with Gasteiger partial charge >= 0.3 is 0 Å². The Balaban J connectivity index is 1.50. The summed E-state index contributed by atoms with van der Waals surface area (Å²) in [6.07, 6.45) is 4.57. The summed E-state index contributed by atoms with van der Waals surface area (Å²) in [5.74, 6) is 1.75. The Hall–Kier alpha value is -2.08. The second-order valence-electron chi connectivity index (χ2n) is 8.33. The van der Waals surface area contributed by atoms with Gasteiger partial charge in [-0.15, -0.1) is 0 Å². The molecule has 6 nitrogen and oxygen atoms in total. The maximum Gasteiger partial charge on any atom is 0.236 e. The quantitative estimate of drug-likeness (QED) is 0.718. The van der Waals surface area contributed by atoms with Gasteiger partial charge in [0.25, 0.3) is 0 Å². The zero-order valence-corrected chi connectivity index (χ0v) is 17.4. The van der Waals surface area contributed by atoms with Gasteiger partial charge < -0.3 is 14.5 Å². The molecule has 3 aliphatic rings. The van der Waals surface area contributed by atoms with E-state index >= 15 is 0 Å². The van der Waals surface area contributed by atoms with Gasteiger partial charge in [0.15, 0.2) is 0 Å². The molecule has 1 aromatic rings. The monoisotopic (exact) mass is 387 g/mol. The molecular formula is C22H33N3O3. The summed E-state index contributed by atoms with van der Waals surface area (Å²) in [5.41, 5.74) is 1.24. The predicted octanol–water partition coefficient (Wildman–Crippen LogP) is 2.03. The number of piperidine rings is 1. The van der Waals surface area contributed by atoms with Gasteiger partial charge in [-0.1, -0.05) is 12.1 Å². The van der Waals surface area contributed by atoms with Crippen LogP contribution in [0.15, 0.2) is 24.3 Å². The fraction of sp³-hybridized carbons (Fsp3) is 0.636. The molecule has 0 aliphatic carbocycles. The molecule has 0 radical (unpaired) electrons. The molecule has 28 heavy (non-hydrogen) atoms. The van der Waals surface area contributed by atoms with Gasteiger partial charge in [-0.3, -0.25) is 14.5 Å². The van der Waals surface area contributed by atoms with E-state index in [9.17, 15) is 9.59 Å². The Labute approximate surface area is 168 Å². The van der Waals surface area contributed by atoms with Crippen LogP contribution in [0, 0.1) is 5.92 Å². The van der Waals surface area contributed by atoms with Gasteiger partial charge in [0.1, 0.15) is 5.75 Å². The van der Waals surface area contributed by atoms with E-state index in [1.165, 1.54) is 5.56 Å². The predicted molar refractivity (Wildman–Crippen MR) is 109 cm³/mol. The number of aryl methyl sites for hydroxylation is 1. The standard InChI is InChI=1S/C22H33N3O3/c1-23(2)22(27)16-24-13-18-7-10-19(15-24)25(14-18)21(26)6-4-5-17-8-11-20(28-3)12-9-17/h8-9,11-12,18-19H,4-7,10,13-16H2,1-3H3/t18-,19+/m1/s1. The Morgan fingerprint density at radius 3 is 2.54 bits per heavy atom. The third-order valence-corrected chi connectivity index (χ3v) is 5.98.